The fourth-order valence-corrected chi connectivity index (χ4v) is 4.66. The van der Waals surface area contributed by atoms with Crippen LogP contribution in [0.25, 0.3) is 0 Å². The Labute approximate surface area is 150 Å². The molecule has 1 saturated heterocycles. The predicted octanol–water partition coefficient (Wildman–Crippen LogP) is 4.02. The van der Waals surface area contributed by atoms with Crippen LogP contribution in [0.3, 0.4) is 0 Å². The maximum Gasteiger partial charge on any atom is 0.424 e. The number of aryl methyl sites for hydroxylation is 1. The van der Waals surface area contributed by atoms with Crippen molar-refractivity contribution in [2.45, 2.75) is 44.0 Å². The summed E-state index contributed by atoms with van der Waals surface area (Å²) in [5, 5.41) is 15.1. The van der Waals surface area contributed by atoms with Gasteiger partial charge in [0.1, 0.15) is 5.01 Å². The summed E-state index contributed by atoms with van der Waals surface area (Å²) in [6.45, 7) is 1.94. The van der Waals surface area contributed by atoms with Crippen LogP contribution in [-0.4, -0.2) is 33.6 Å². The van der Waals surface area contributed by atoms with E-state index in [9.17, 15) is 23.1 Å². The topological polar surface area (TPSA) is 53.4 Å². The molecular weight excluding hydrogens is 373 g/mol. The second kappa shape index (κ2) is 6.69. The molecule has 1 N–H and O–H groups in total. The highest BCUT2D eigenvalue weighted by molar-refractivity contribution is 7.09. The smallest absolute Gasteiger partial charge is 0.374 e. The first-order chi connectivity index (χ1) is 11.7. The van der Waals surface area contributed by atoms with E-state index < -0.39 is 29.1 Å². The molecule has 1 fully saturated rings. The molecule has 1 aliphatic rings. The molecule has 9 heteroatoms. The predicted molar refractivity (Wildman–Crippen MR) is 89.4 cm³/mol. The van der Waals surface area contributed by atoms with Crippen molar-refractivity contribution in [3.63, 3.8) is 0 Å². The summed E-state index contributed by atoms with van der Waals surface area (Å²) < 4.78 is 40.7. The number of hydrogen-bond acceptors (Lipinski definition) is 5. The minimum Gasteiger partial charge on any atom is -0.374 e. The van der Waals surface area contributed by atoms with Gasteiger partial charge in [-0.05, 0) is 42.2 Å². The molecule has 136 valence electrons. The standard InChI is InChI=1S/C16H17F3N2O2S2/c1-10-8-25-14(20-10)15(23,16(17,18)19)7-13(22)21-5-2-3-12(21)11-4-6-24-9-11/h4,6,8-9,12,23H,2-3,5,7H2,1H3/t12-,15+/m0/s1. The van der Waals surface area contributed by atoms with Gasteiger partial charge in [-0.25, -0.2) is 4.98 Å². The molecule has 25 heavy (non-hydrogen) atoms. The van der Waals surface area contributed by atoms with Crippen molar-refractivity contribution < 1.29 is 23.1 Å². The van der Waals surface area contributed by atoms with E-state index in [0.29, 0.717) is 30.0 Å². The lowest BCUT2D eigenvalue weighted by atomic mass is 9.98. The summed E-state index contributed by atoms with van der Waals surface area (Å²) in [4.78, 5) is 17.9. The lowest BCUT2D eigenvalue weighted by molar-refractivity contribution is -0.268. The quantitative estimate of drug-likeness (QED) is 0.858. The van der Waals surface area contributed by atoms with Crippen molar-refractivity contribution in [1.29, 1.82) is 0 Å². The van der Waals surface area contributed by atoms with Crippen LogP contribution < -0.4 is 0 Å². The average molecular weight is 390 g/mol. The van der Waals surface area contributed by atoms with Gasteiger partial charge < -0.3 is 10.0 Å². The second-order valence-electron chi connectivity index (χ2n) is 6.13. The van der Waals surface area contributed by atoms with Gasteiger partial charge in [0.25, 0.3) is 0 Å². The molecule has 0 aromatic carbocycles. The Morgan fingerprint density at radius 1 is 1.44 bits per heavy atom. The summed E-state index contributed by atoms with van der Waals surface area (Å²) in [5.74, 6) is -0.707. The van der Waals surface area contributed by atoms with Gasteiger partial charge in [0.15, 0.2) is 0 Å². The van der Waals surface area contributed by atoms with Gasteiger partial charge in [0.2, 0.25) is 11.5 Å². The molecule has 0 unspecified atom stereocenters. The van der Waals surface area contributed by atoms with Crippen LogP contribution in [-0.2, 0) is 10.4 Å². The van der Waals surface area contributed by atoms with E-state index in [1.807, 2.05) is 16.8 Å². The summed E-state index contributed by atoms with van der Waals surface area (Å²) >= 11 is 2.20. The van der Waals surface area contributed by atoms with Gasteiger partial charge in [0.05, 0.1) is 12.5 Å². The van der Waals surface area contributed by atoms with Gasteiger partial charge in [-0.1, -0.05) is 0 Å². The number of amides is 1. The Hall–Kier alpha value is -1.45. The lowest BCUT2D eigenvalue weighted by Gasteiger charge is -2.31. The molecule has 2 aromatic rings. The van der Waals surface area contributed by atoms with Crippen LogP contribution in [0, 0.1) is 6.92 Å². The van der Waals surface area contributed by atoms with Crippen molar-refractivity contribution in [2.75, 3.05) is 6.54 Å². The van der Waals surface area contributed by atoms with E-state index in [0.717, 1.165) is 12.0 Å². The lowest BCUT2D eigenvalue weighted by Crippen LogP contribution is -2.47. The number of halogens is 3. The molecule has 0 aliphatic carbocycles. The Kier molecular flexibility index (Phi) is 4.91. The van der Waals surface area contributed by atoms with Crippen LogP contribution in [0.15, 0.2) is 22.2 Å². The number of aromatic nitrogens is 1. The number of thiophene rings is 1. The zero-order chi connectivity index (χ0) is 18.2. The third-order valence-corrected chi connectivity index (χ3v) is 6.16. The SMILES string of the molecule is Cc1csc([C@](O)(CC(=O)N2CCC[C@H]2c2ccsc2)C(F)(F)F)n1. The highest BCUT2D eigenvalue weighted by Crippen LogP contribution is 2.44. The maximum atomic E-state index is 13.6. The largest absolute Gasteiger partial charge is 0.424 e. The van der Waals surface area contributed by atoms with Crippen molar-refractivity contribution in [3.8, 4) is 0 Å². The van der Waals surface area contributed by atoms with Crippen LogP contribution in [0.5, 0.6) is 0 Å². The molecule has 0 saturated carbocycles. The minimum atomic E-state index is -4.98. The Morgan fingerprint density at radius 2 is 2.20 bits per heavy atom. The van der Waals surface area contributed by atoms with E-state index in [2.05, 4.69) is 4.98 Å². The van der Waals surface area contributed by atoms with Crippen LogP contribution >= 0.6 is 22.7 Å². The monoisotopic (exact) mass is 390 g/mol. The minimum absolute atomic E-state index is 0.228. The summed E-state index contributed by atoms with van der Waals surface area (Å²) in [5.41, 5.74) is -1.95. The normalized spacial score (nSPS) is 20.7. The number of likely N-dealkylation sites (tertiary alicyclic amines) is 1. The third kappa shape index (κ3) is 3.45. The number of carbonyl (C=O) groups is 1. The average Bonchev–Trinajstić information content (AvgIpc) is 3.26. The summed E-state index contributed by atoms with van der Waals surface area (Å²) in [7, 11) is 0. The van der Waals surface area contributed by atoms with Crippen molar-refractivity contribution >= 4 is 28.6 Å². The van der Waals surface area contributed by atoms with Gasteiger partial charge >= 0.3 is 6.18 Å². The first kappa shape index (κ1) is 18.3. The van der Waals surface area contributed by atoms with E-state index in [1.54, 1.807) is 6.92 Å². The molecule has 3 rings (SSSR count). The molecule has 3 heterocycles. The number of alkyl halides is 3. The van der Waals surface area contributed by atoms with Gasteiger partial charge in [-0.15, -0.1) is 11.3 Å². The number of nitrogens with zero attached hydrogens (tertiary/aromatic N) is 2. The van der Waals surface area contributed by atoms with Crippen LogP contribution in [0.4, 0.5) is 13.2 Å². The van der Waals surface area contributed by atoms with Crippen LogP contribution in [0.2, 0.25) is 0 Å². The highest BCUT2D eigenvalue weighted by Gasteiger charge is 2.58. The van der Waals surface area contributed by atoms with E-state index in [-0.39, 0.29) is 6.04 Å². The molecule has 2 aromatic heterocycles. The maximum absolute atomic E-state index is 13.6. The van der Waals surface area contributed by atoms with Crippen molar-refractivity contribution in [2.24, 2.45) is 0 Å². The van der Waals surface area contributed by atoms with Crippen molar-refractivity contribution in [1.82, 2.24) is 9.88 Å². The first-order valence-electron chi connectivity index (χ1n) is 7.75. The fraction of sp³-hybridized carbons (Fsp3) is 0.500. The number of carbonyl (C=O) groups excluding carboxylic acids is 1. The zero-order valence-corrected chi connectivity index (χ0v) is 15.0. The molecule has 0 bridgehead atoms. The van der Waals surface area contributed by atoms with Crippen molar-refractivity contribution in [3.05, 3.63) is 38.5 Å². The molecule has 4 nitrogen and oxygen atoms in total. The summed E-state index contributed by atoms with van der Waals surface area (Å²) in [6.07, 6.45) is -4.59. The second-order valence-corrected chi connectivity index (χ2v) is 7.77. The first-order valence-corrected chi connectivity index (χ1v) is 9.58. The molecule has 1 amide bonds. The number of hydrogen-bond donors (Lipinski definition) is 1. The van der Waals surface area contributed by atoms with E-state index in [1.165, 1.54) is 21.6 Å². The number of rotatable bonds is 4. The Morgan fingerprint density at radius 3 is 2.76 bits per heavy atom. The number of aliphatic hydroxyl groups is 1. The highest BCUT2D eigenvalue weighted by atomic mass is 32.1. The Bertz CT molecular complexity index is 745. The summed E-state index contributed by atoms with van der Waals surface area (Å²) in [6, 6.07) is 1.65. The Balaban J connectivity index is 1.86. The van der Waals surface area contributed by atoms with E-state index in [4.69, 9.17) is 0 Å². The molecule has 0 radical (unpaired) electrons. The molecule has 2 atom stereocenters. The van der Waals surface area contributed by atoms with Gasteiger partial charge in [0, 0.05) is 17.6 Å². The molecule has 0 spiro atoms. The number of thiazole rings is 1. The van der Waals surface area contributed by atoms with Gasteiger partial charge in [-0.3, -0.25) is 4.79 Å². The van der Waals surface area contributed by atoms with E-state index >= 15 is 0 Å². The third-order valence-electron chi connectivity index (χ3n) is 4.35. The van der Waals surface area contributed by atoms with Gasteiger partial charge in [-0.2, -0.15) is 24.5 Å². The molecular formula is C16H17F3N2O2S2. The fourth-order valence-electron chi connectivity index (χ4n) is 3.04. The molecule has 1 aliphatic heterocycles. The van der Waals surface area contributed by atoms with Crippen LogP contribution in [0.1, 0.15) is 41.6 Å². The zero-order valence-electron chi connectivity index (χ0n) is 13.4.